The Morgan fingerprint density at radius 3 is 2.36 bits per heavy atom. The lowest BCUT2D eigenvalue weighted by atomic mass is 9.93. The van der Waals surface area contributed by atoms with Gasteiger partial charge in [-0.2, -0.15) is 0 Å². The SMILES string of the molecule is CCOC(=O)C1=C(c2ccccc2)N=c2s/c(=C\c3ccccc3OCc3ccc(Br)cc3)c(=O)n2[C@@H]1c1ccc(OC)c(OC)c1. The molecule has 6 rings (SSSR count). The van der Waals surface area contributed by atoms with E-state index in [4.69, 9.17) is 23.9 Å². The van der Waals surface area contributed by atoms with Gasteiger partial charge in [-0.25, -0.2) is 9.79 Å². The molecule has 0 saturated heterocycles. The topological polar surface area (TPSA) is 88.4 Å². The lowest BCUT2D eigenvalue weighted by Gasteiger charge is -2.26. The molecule has 1 aliphatic rings. The van der Waals surface area contributed by atoms with E-state index in [9.17, 15) is 9.59 Å². The molecule has 0 unspecified atom stereocenters. The minimum atomic E-state index is -0.855. The van der Waals surface area contributed by atoms with Crippen LogP contribution in [0.3, 0.4) is 0 Å². The molecule has 2 heterocycles. The highest BCUT2D eigenvalue weighted by Crippen LogP contribution is 2.38. The molecule has 0 bridgehead atoms. The molecule has 47 heavy (non-hydrogen) atoms. The van der Waals surface area contributed by atoms with Crippen LogP contribution in [0.15, 0.2) is 117 Å². The largest absolute Gasteiger partial charge is 0.493 e. The predicted molar refractivity (Wildman–Crippen MR) is 186 cm³/mol. The van der Waals surface area contributed by atoms with Gasteiger partial charge >= 0.3 is 5.97 Å². The van der Waals surface area contributed by atoms with E-state index in [1.807, 2.05) is 91.0 Å². The van der Waals surface area contributed by atoms with Crippen LogP contribution >= 0.6 is 27.3 Å². The number of hydrogen-bond donors (Lipinski definition) is 0. The van der Waals surface area contributed by atoms with Crippen LogP contribution in [0.25, 0.3) is 11.8 Å². The lowest BCUT2D eigenvalue weighted by Crippen LogP contribution is -2.40. The second-order valence-electron chi connectivity index (χ2n) is 10.5. The van der Waals surface area contributed by atoms with Crippen LogP contribution < -0.4 is 29.1 Å². The third kappa shape index (κ3) is 6.65. The summed E-state index contributed by atoms with van der Waals surface area (Å²) >= 11 is 4.71. The van der Waals surface area contributed by atoms with E-state index in [2.05, 4.69) is 15.9 Å². The van der Waals surface area contributed by atoms with E-state index in [0.717, 1.165) is 21.2 Å². The number of methoxy groups -OCH3 is 2. The number of halogens is 1. The Morgan fingerprint density at radius 1 is 0.915 bits per heavy atom. The summed E-state index contributed by atoms with van der Waals surface area (Å²) in [5, 5.41) is 0. The highest BCUT2D eigenvalue weighted by atomic mass is 79.9. The van der Waals surface area contributed by atoms with Crippen molar-refractivity contribution in [1.82, 2.24) is 4.57 Å². The fourth-order valence-corrected chi connectivity index (χ4v) is 6.65. The maximum atomic E-state index is 14.4. The number of rotatable bonds is 10. The van der Waals surface area contributed by atoms with Crippen molar-refractivity contribution in [3.63, 3.8) is 0 Å². The number of benzene rings is 4. The molecule has 238 valence electrons. The highest BCUT2D eigenvalue weighted by molar-refractivity contribution is 9.10. The molecule has 0 saturated carbocycles. The highest BCUT2D eigenvalue weighted by Gasteiger charge is 2.35. The summed E-state index contributed by atoms with van der Waals surface area (Å²) in [6, 6.07) is 29.4. The zero-order valence-electron chi connectivity index (χ0n) is 25.9. The Labute approximate surface area is 284 Å². The van der Waals surface area contributed by atoms with Gasteiger partial charge < -0.3 is 18.9 Å². The van der Waals surface area contributed by atoms with E-state index < -0.39 is 12.0 Å². The van der Waals surface area contributed by atoms with Crippen LogP contribution in [0.4, 0.5) is 0 Å². The summed E-state index contributed by atoms with van der Waals surface area (Å²) in [6.45, 7) is 2.27. The summed E-state index contributed by atoms with van der Waals surface area (Å²) in [6.07, 6.45) is 1.81. The average Bonchev–Trinajstić information content (AvgIpc) is 3.41. The molecule has 0 amide bonds. The standard InChI is InChI=1S/C37H31BrN2O6S/c1-4-45-36(42)32-33(24-10-6-5-7-11-24)39-37-40(34(32)26-16-19-29(43-2)30(20-26)44-3)35(41)31(47-37)21-25-12-8-9-13-28(25)46-22-23-14-17-27(38)18-15-23/h5-21,34H,4,22H2,1-3H3/b31-21-/t34-/m1/s1. The van der Waals surface area contributed by atoms with Crippen LogP contribution in [0.1, 0.15) is 35.2 Å². The molecule has 1 atom stereocenters. The number of ether oxygens (including phenoxy) is 4. The minimum Gasteiger partial charge on any atom is -0.493 e. The fourth-order valence-electron chi connectivity index (χ4n) is 5.39. The third-order valence-corrected chi connectivity index (χ3v) is 9.12. The quantitative estimate of drug-likeness (QED) is 0.158. The third-order valence-electron chi connectivity index (χ3n) is 7.61. The number of carbonyl (C=O) groups excluding carboxylic acids is 1. The predicted octanol–water partition coefficient (Wildman–Crippen LogP) is 6.29. The number of fused-ring (bicyclic) bond motifs is 1. The first-order chi connectivity index (χ1) is 22.9. The smallest absolute Gasteiger partial charge is 0.338 e. The van der Waals surface area contributed by atoms with E-state index >= 15 is 0 Å². The van der Waals surface area contributed by atoms with Gasteiger partial charge in [0.2, 0.25) is 0 Å². The molecule has 0 fully saturated rings. The maximum Gasteiger partial charge on any atom is 0.338 e. The second kappa shape index (κ2) is 14.2. The van der Waals surface area contributed by atoms with Gasteiger partial charge in [-0.3, -0.25) is 9.36 Å². The number of aromatic nitrogens is 1. The molecule has 0 spiro atoms. The number of para-hydroxylation sites is 1. The average molecular weight is 712 g/mol. The first-order valence-electron chi connectivity index (χ1n) is 14.9. The normalized spacial score (nSPS) is 14.3. The van der Waals surface area contributed by atoms with Gasteiger partial charge in [-0.05, 0) is 54.5 Å². The molecule has 1 aromatic heterocycles. The number of thiazole rings is 1. The van der Waals surface area contributed by atoms with Crippen molar-refractivity contribution < 1.29 is 23.7 Å². The zero-order valence-corrected chi connectivity index (χ0v) is 28.3. The minimum absolute atomic E-state index is 0.157. The first kappa shape index (κ1) is 32.0. The van der Waals surface area contributed by atoms with Gasteiger partial charge in [0.05, 0.1) is 42.7 Å². The van der Waals surface area contributed by atoms with Crippen molar-refractivity contribution in [3.8, 4) is 17.2 Å². The fraction of sp³-hybridized carbons (Fsp3) is 0.162. The van der Waals surface area contributed by atoms with Gasteiger partial charge in [0.25, 0.3) is 5.56 Å². The van der Waals surface area contributed by atoms with Crippen molar-refractivity contribution in [2.75, 3.05) is 20.8 Å². The summed E-state index contributed by atoms with van der Waals surface area (Å²) in [5.74, 6) is 1.06. The van der Waals surface area contributed by atoms with Crippen molar-refractivity contribution >= 4 is 45.0 Å². The number of hydrogen-bond acceptors (Lipinski definition) is 8. The van der Waals surface area contributed by atoms with Gasteiger partial charge in [-0.15, -0.1) is 0 Å². The molecule has 0 aliphatic carbocycles. The molecule has 10 heteroatoms. The van der Waals surface area contributed by atoms with Gasteiger partial charge in [0, 0.05) is 15.6 Å². The van der Waals surface area contributed by atoms with Crippen LogP contribution in [0.5, 0.6) is 17.2 Å². The van der Waals surface area contributed by atoms with Crippen molar-refractivity contribution in [1.29, 1.82) is 0 Å². The van der Waals surface area contributed by atoms with E-state index in [1.165, 1.54) is 11.3 Å². The molecular weight excluding hydrogens is 680 g/mol. The van der Waals surface area contributed by atoms with Crippen LogP contribution in [-0.4, -0.2) is 31.4 Å². The molecule has 8 nitrogen and oxygen atoms in total. The Morgan fingerprint density at radius 2 is 1.64 bits per heavy atom. The van der Waals surface area contributed by atoms with Crippen LogP contribution in [-0.2, 0) is 16.1 Å². The summed E-state index contributed by atoms with van der Waals surface area (Å²) in [7, 11) is 3.10. The summed E-state index contributed by atoms with van der Waals surface area (Å²) < 4.78 is 25.8. The Kier molecular flexibility index (Phi) is 9.70. The van der Waals surface area contributed by atoms with E-state index in [1.54, 1.807) is 37.8 Å². The van der Waals surface area contributed by atoms with Crippen LogP contribution in [0.2, 0.25) is 0 Å². The summed E-state index contributed by atoms with van der Waals surface area (Å²) in [5.41, 5.74) is 3.51. The molecule has 0 N–H and O–H groups in total. The van der Waals surface area contributed by atoms with Crippen molar-refractivity contribution in [2.24, 2.45) is 4.99 Å². The van der Waals surface area contributed by atoms with Gasteiger partial charge in [0.1, 0.15) is 12.4 Å². The van der Waals surface area contributed by atoms with Crippen molar-refractivity contribution in [2.45, 2.75) is 19.6 Å². The number of esters is 1. The molecular formula is C37H31BrN2O6S. The van der Waals surface area contributed by atoms with Gasteiger partial charge in [-0.1, -0.05) is 94.0 Å². The van der Waals surface area contributed by atoms with Gasteiger partial charge in [0.15, 0.2) is 16.3 Å². The molecule has 0 radical (unpaired) electrons. The second-order valence-corrected chi connectivity index (χ2v) is 12.4. The Hall–Kier alpha value is -4.93. The maximum absolute atomic E-state index is 14.4. The molecule has 4 aromatic carbocycles. The summed E-state index contributed by atoms with van der Waals surface area (Å²) in [4.78, 5) is 33.5. The Balaban J connectivity index is 1.54. The number of carbonyl (C=O) groups is 1. The van der Waals surface area contributed by atoms with Crippen LogP contribution in [0, 0.1) is 0 Å². The van der Waals surface area contributed by atoms with E-state index in [-0.39, 0.29) is 17.7 Å². The van der Waals surface area contributed by atoms with Crippen molar-refractivity contribution in [3.05, 3.63) is 149 Å². The first-order valence-corrected chi connectivity index (χ1v) is 16.5. The Bertz CT molecular complexity index is 2140. The molecule has 5 aromatic rings. The monoisotopic (exact) mass is 710 g/mol. The van der Waals surface area contributed by atoms with E-state index in [0.29, 0.717) is 44.4 Å². The lowest BCUT2D eigenvalue weighted by molar-refractivity contribution is -0.138. The number of nitrogens with zero attached hydrogens (tertiary/aromatic N) is 2. The zero-order chi connectivity index (χ0) is 32.9. The molecule has 1 aliphatic heterocycles.